The van der Waals surface area contributed by atoms with Crippen LogP contribution in [0.4, 0.5) is 0 Å². The van der Waals surface area contributed by atoms with E-state index in [4.69, 9.17) is 4.74 Å². The minimum atomic E-state index is 0.134. The Hall–Kier alpha value is -1.24. The highest BCUT2D eigenvalue weighted by Crippen LogP contribution is 2.38. The van der Waals surface area contributed by atoms with Crippen molar-refractivity contribution in [3.63, 3.8) is 0 Å². The summed E-state index contributed by atoms with van der Waals surface area (Å²) in [5.74, 6) is 2.26. The summed E-state index contributed by atoms with van der Waals surface area (Å²) in [5.41, 5.74) is 2.17. The molecule has 0 bridgehead atoms. The van der Waals surface area contributed by atoms with Crippen molar-refractivity contribution in [2.45, 2.75) is 18.6 Å². The highest BCUT2D eigenvalue weighted by atomic mass is 32.2. The number of carbonyl (C=O) groups is 1. The van der Waals surface area contributed by atoms with Crippen molar-refractivity contribution in [2.24, 2.45) is 0 Å². The summed E-state index contributed by atoms with van der Waals surface area (Å²) < 4.78 is 7.17. The zero-order valence-corrected chi connectivity index (χ0v) is 15.2. The molecule has 0 saturated carbocycles. The molecule has 6 heteroatoms. The van der Waals surface area contributed by atoms with E-state index in [1.54, 1.807) is 18.4 Å². The van der Waals surface area contributed by atoms with Crippen LogP contribution in [0.3, 0.4) is 0 Å². The second kappa shape index (κ2) is 7.55. The maximum absolute atomic E-state index is 13.1. The van der Waals surface area contributed by atoms with Gasteiger partial charge in [-0.05, 0) is 36.3 Å². The lowest BCUT2D eigenvalue weighted by molar-refractivity contribution is 0.0779. The van der Waals surface area contributed by atoms with Crippen LogP contribution in [0.2, 0.25) is 0 Å². The fraction of sp³-hybridized carbons (Fsp3) is 0.471. The van der Waals surface area contributed by atoms with Crippen LogP contribution in [-0.4, -0.2) is 48.4 Å². The van der Waals surface area contributed by atoms with E-state index < -0.39 is 0 Å². The number of hydrogen-bond donors (Lipinski definition) is 0. The van der Waals surface area contributed by atoms with Crippen molar-refractivity contribution in [3.05, 3.63) is 40.5 Å². The van der Waals surface area contributed by atoms with Crippen molar-refractivity contribution in [3.8, 4) is 5.00 Å². The van der Waals surface area contributed by atoms with Crippen molar-refractivity contribution in [1.29, 1.82) is 0 Å². The van der Waals surface area contributed by atoms with Crippen LogP contribution < -0.4 is 0 Å². The molecule has 0 radical (unpaired) electrons. The van der Waals surface area contributed by atoms with Gasteiger partial charge in [0.25, 0.3) is 5.91 Å². The molecule has 3 rings (SSSR count). The van der Waals surface area contributed by atoms with Gasteiger partial charge in [-0.3, -0.25) is 4.79 Å². The molecule has 0 fully saturated rings. The van der Waals surface area contributed by atoms with E-state index in [-0.39, 0.29) is 5.91 Å². The first-order valence-corrected chi connectivity index (χ1v) is 9.79. The number of hydrogen-bond acceptors (Lipinski definition) is 4. The van der Waals surface area contributed by atoms with Crippen LogP contribution in [0, 0.1) is 0 Å². The molecule has 23 heavy (non-hydrogen) atoms. The van der Waals surface area contributed by atoms with E-state index in [1.807, 2.05) is 48.2 Å². The highest BCUT2D eigenvalue weighted by molar-refractivity contribution is 7.98. The Kier molecular flexibility index (Phi) is 5.46. The normalized spacial score (nSPS) is 13.8. The van der Waals surface area contributed by atoms with Gasteiger partial charge in [-0.2, -0.15) is 11.8 Å². The molecular weight excluding hydrogens is 328 g/mol. The monoisotopic (exact) mass is 350 g/mol. The molecule has 2 aromatic heterocycles. The molecule has 1 aliphatic heterocycles. The summed E-state index contributed by atoms with van der Waals surface area (Å²) in [6.07, 6.45) is 5.89. The van der Waals surface area contributed by atoms with Gasteiger partial charge in [-0.25, -0.2) is 0 Å². The lowest BCUT2D eigenvalue weighted by atomic mass is 10.1. The first kappa shape index (κ1) is 16.6. The van der Waals surface area contributed by atoms with Gasteiger partial charge in [0.05, 0.1) is 5.56 Å². The number of methoxy groups -OCH3 is 1. The van der Waals surface area contributed by atoms with E-state index in [9.17, 15) is 4.79 Å². The van der Waals surface area contributed by atoms with Crippen molar-refractivity contribution in [2.75, 3.05) is 33.1 Å². The standard InChI is InChI=1S/C17H22N2O2S2/c1-18(7-5-10-21-2)16(20)15-13-6-11-22-12-14(13)23-17(15)19-8-3-4-9-19/h3-4,8-9H,5-7,10-12H2,1-2H3. The molecule has 4 nitrogen and oxygen atoms in total. The smallest absolute Gasteiger partial charge is 0.256 e. The number of amides is 1. The van der Waals surface area contributed by atoms with Gasteiger partial charge in [0.15, 0.2) is 0 Å². The fourth-order valence-corrected chi connectivity index (χ4v) is 5.27. The predicted octanol–water partition coefficient (Wildman–Crippen LogP) is 3.44. The summed E-state index contributed by atoms with van der Waals surface area (Å²) in [7, 11) is 3.58. The second-order valence-electron chi connectivity index (χ2n) is 5.65. The van der Waals surface area contributed by atoms with Gasteiger partial charge in [-0.15, -0.1) is 11.3 Å². The van der Waals surface area contributed by atoms with Crippen LogP contribution in [0.1, 0.15) is 27.2 Å². The summed E-state index contributed by atoms with van der Waals surface area (Å²) in [6.45, 7) is 1.40. The SMILES string of the molecule is COCCCN(C)C(=O)c1c(-n2cccc2)sc2c1CCSC2. The van der Waals surface area contributed by atoms with Crippen LogP contribution in [0.25, 0.3) is 5.00 Å². The fourth-order valence-electron chi connectivity index (χ4n) is 2.83. The molecular formula is C17H22N2O2S2. The predicted molar refractivity (Wildman–Crippen MR) is 97.0 cm³/mol. The maximum atomic E-state index is 13.1. The molecule has 1 aliphatic rings. The molecule has 0 atom stereocenters. The summed E-state index contributed by atoms with van der Waals surface area (Å²) >= 11 is 3.72. The number of thioether (sulfide) groups is 1. The van der Waals surface area contributed by atoms with E-state index in [0.717, 1.165) is 41.5 Å². The van der Waals surface area contributed by atoms with E-state index in [1.165, 1.54) is 10.4 Å². The number of carbonyl (C=O) groups excluding carboxylic acids is 1. The number of aromatic nitrogens is 1. The van der Waals surface area contributed by atoms with E-state index in [0.29, 0.717) is 6.61 Å². The lowest BCUT2D eigenvalue weighted by Crippen LogP contribution is -2.29. The summed E-state index contributed by atoms with van der Waals surface area (Å²) in [5, 5.41) is 1.06. The van der Waals surface area contributed by atoms with Gasteiger partial charge in [0, 0.05) is 50.3 Å². The third-order valence-corrected chi connectivity index (χ3v) is 6.46. The van der Waals surface area contributed by atoms with Crippen molar-refractivity contribution in [1.82, 2.24) is 9.47 Å². The van der Waals surface area contributed by atoms with Crippen LogP contribution in [0.15, 0.2) is 24.5 Å². The van der Waals surface area contributed by atoms with Gasteiger partial charge < -0.3 is 14.2 Å². The van der Waals surface area contributed by atoms with E-state index >= 15 is 0 Å². The van der Waals surface area contributed by atoms with Gasteiger partial charge in [0.2, 0.25) is 0 Å². The highest BCUT2D eigenvalue weighted by Gasteiger charge is 2.27. The molecule has 124 valence electrons. The number of thiophene rings is 1. The topological polar surface area (TPSA) is 34.5 Å². The number of ether oxygens (including phenoxy) is 1. The molecule has 2 aromatic rings. The van der Waals surface area contributed by atoms with Crippen LogP contribution >= 0.6 is 23.1 Å². The quantitative estimate of drug-likeness (QED) is 0.749. The first-order valence-electron chi connectivity index (χ1n) is 7.82. The third kappa shape index (κ3) is 3.49. The average molecular weight is 351 g/mol. The van der Waals surface area contributed by atoms with Crippen LogP contribution in [0.5, 0.6) is 0 Å². The molecule has 3 heterocycles. The first-order chi connectivity index (χ1) is 11.2. The Morgan fingerprint density at radius 1 is 1.39 bits per heavy atom. The Balaban J connectivity index is 1.93. The van der Waals surface area contributed by atoms with Crippen molar-refractivity contribution < 1.29 is 9.53 Å². The molecule has 0 aliphatic carbocycles. The van der Waals surface area contributed by atoms with Gasteiger partial charge in [-0.1, -0.05) is 0 Å². The lowest BCUT2D eigenvalue weighted by Gasteiger charge is -2.19. The van der Waals surface area contributed by atoms with Crippen molar-refractivity contribution >= 4 is 29.0 Å². The van der Waals surface area contributed by atoms with Crippen LogP contribution in [-0.2, 0) is 16.9 Å². The minimum Gasteiger partial charge on any atom is -0.385 e. The minimum absolute atomic E-state index is 0.134. The Morgan fingerprint density at radius 2 is 2.17 bits per heavy atom. The summed E-state index contributed by atoms with van der Waals surface area (Å²) in [4.78, 5) is 16.2. The van der Waals surface area contributed by atoms with Gasteiger partial charge in [0.1, 0.15) is 5.00 Å². The van der Waals surface area contributed by atoms with Gasteiger partial charge >= 0.3 is 0 Å². The third-order valence-electron chi connectivity index (χ3n) is 4.04. The Labute approximate surface area is 145 Å². The average Bonchev–Trinajstić information content (AvgIpc) is 3.21. The second-order valence-corrected chi connectivity index (χ2v) is 7.84. The number of nitrogens with zero attached hydrogens (tertiary/aromatic N) is 2. The zero-order valence-electron chi connectivity index (χ0n) is 13.6. The number of rotatable bonds is 6. The summed E-state index contributed by atoms with van der Waals surface area (Å²) in [6, 6.07) is 4.01. The molecule has 1 amide bonds. The Bertz CT molecular complexity index is 664. The molecule has 0 N–H and O–H groups in total. The molecule has 0 unspecified atom stereocenters. The zero-order chi connectivity index (χ0) is 16.2. The molecule has 0 spiro atoms. The number of fused-ring (bicyclic) bond motifs is 1. The molecule has 0 aromatic carbocycles. The largest absolute Gasteiger partial charge is 0.385 e. The Morgan fingerprint density at radius 3 is 2.91 bits per heavy atom. The van der Waals surface area contributed by atoms with E-state index in [2.05, 4.69) is 4.57 Å². The molecule has 0 saturated heterocycles. The maximum Gasteiger partial charge on any atom is 0.256 e.